The Bertz CT molecular complexity index is 638. The van der Waals surface area contributed by atoms with E-state index in [1.165, 1.54) is 6.07 Å². The highest BCUT2D eigenvalue weighted by atomic mass is 16.6. The van der Waals surface area contributed by atoms with Gasteiger partial charge in [-0.1, -0.05) is 30.3 Å². The first-order chi connectivity index (χ1) is 9.50. The molecule has 0 aliphatic rings. The molecule has 0 fully saturated rings. The van der Waals surface area contributed by atoms with Crippen LogP contribution in [0.25, 0.3) is 0 Å². The molecule has 5 nitrogen and oxygen atoms in total. The molecule has 0 saturated heterocycles. The molecular formula is C15H15NO4. The molecule has 104 valence electrons. The maximum Gasteiger partial charge on any atom is 0.311 e. The maximum absolute atomic E-state index is 11.1. The monoisotopic (exact) mass is 273 g/mol. The van der Waals surface area contributed by atoms with Gasteiger partial charge < -0.3 is 9.84 Å². The second-order valence-electron chi connectivity index (χ2n) is 4.50. The third-order valence-electron chi connectivity index (χ3n) is 2.97. The van der Waals surface area contributed by atoms with Gasteiger partial charge in [0.1, 0.15) is 5.75 Å². The highest BCUT2D eigenvalue weighted by Gasteiger charge is 2.19. The van der Waals surface area contributed by atoms with Gasteiger partial charge in [0.05, 0.1) is 11.0 Å². The third-order valence-corrected chi connectivity index (χ3v) is 2.97. The largest absolute Gasteiger partial charge is 0.449 e. The molecule has 0 saturated carbocycles. The molecule has 0 aliphatic heterocycles. The molecule has 2 aromatic carbocycles. The number of rotatable bonds is 4. The smallest absolute Gasteiger partial charge is 0.311 e. The van der Waals surface area contributed by atoms with E-state index in [9.17, 15) is 15.2 Å². The molecule has 1 N–H and O–H groups in total. The van der Waals surface area contributed by atoms with Crippen LogP contribution in [0.2, 0.25) is 0 Å². The molecule has 5 heteroatoms. The molecule has 1 atom stereocenters. The summed E-state index contributed by atoms with van der Waals surface area (Å²) in [5.74, 6) is 0.616. The number of para-hydroxylation sites is 2. The normalized spacial score (nSPS) is 11.9. The Kier molecular flexibility index (Phi) is 4.00. The molecule has 0 spiro atoms. The van der Waals surface area contributed by atoms with Crippen LogP contribution in [-0.4, -0.2) is 10.0 Å². The van der Waals surface area contributed by atoms with E-state index in [1.807, 2.05) is 0 Å². The fourth-order valence-corrected chi connectivity index (χ4v) is 1.94. The number of aliphatic hydroxyl groups is 1. The van der Waals surface area contributed by atoms with Crippen LogP contribution >= 0.6 is 0 Å². The Hall–Kier alpha value is -2.40. The third kappa shape index (κ3) is 2.78. The summed E-state index contributed by atoms with van der Waals surface area (Å²) in [6, 6.07) is 11.7. The van der Waals surface area contributed by atoms with E-state index in [0.717, 1.165) is 0 Å². The minimum atomic E-state index is -0.714. The summed E-state index contributed by atoms with van der Waals surface area (Å²) in [7, 11) is 0. The van der Waals surface area contributed by atoms with Crippen LogP contribution in [0.3, 0.4) is 0 Å². The molecule has 2 aromatic rings. The Morgan fingerprint density at radius 3 is 2.55 bits per heavy atom. The molecule has 0 amide bonds. The molecule has 2 rings (SSSR count). The molecule has 0 radical (unpaired) electrons. The number of ether oxygens (including phenoxy) is 1. The van der Waals surface area contributed by atoms with Crippen molar-refractivity contribution in [3.8, 4) is 11.5 Å². The second-order valence-corrected chi connectivity index (χ2v) is 4.50. The van der Waals surface area contributed by atoms with Gasteiger partial charge in [0.25, 0.3) is 0 Å². The summed E-state index contributed by atoms with van der Waals surface area (Å²) in [5.41, 5.74) is 1.16. The van der Waals surface area contributed by atoms with Crippen molar-refractivity contribution in [3.05, 3.63) is 63.7 Å². The van der Waals surface area contributed by atoms with Gasteiger partial charge in [-0.2, -0.15) is 0 Å². The van der Waals surface area contributed by atoms with E-state index in [2.05, 4.69) is 0 Å². The van der Waals surface area contributed by atoms with Crippen LogP contribution in [0, 0.1) is 17.0 Å². The fourth-order valence-electron chi connectivity index (χ4n) is 1.94. The quantitative estimate of drug-likeness (QED) is 0.680. The van der Waals surface area contributed by atoms with Crippen molar-refractivity contribution in [1.29, 1.82) is 0 Å². The Morgan fingerprint density at radius 2 is 1.90 bits per heavy atom. The summed E-state index contributed by atoms with van der Waals surface area (Å²) in [6.07, 6.45) is -0.714. The molecule has 20 heavy (non-hydrogen) atoms. The van der Waals surface area contributed by atoms with Crippen molar-refractivity contribution in [2.45, 2.75) is 20.0 Å². The van der Waals surface area contributed by atoms with Crippen molar-refractivity contribution in [3.63, 3.8) is 0 Å². The van der Waals surface area contributed by atoms with E-state index >= 15 is 0 Å². The molecular weight excluding hydrogens is 258 g/mol. The summed E-state index contributed by atoms with van der Waals surface area (Å²) < 4.78 is 5.69. The number of nitrogens with zero attached hydrogens (tertiary/aromatic N) is 1. The molecule has 0 bridgehead atoms. The predicted molar refractivity (Wildman–Crippen MR) is 75.0 cm³/mol. The van der Waals surface area contributed by atoms with Crippen molar-refractivity contribution >= 4 is 5.69 Å². The van der Waals surface area contributed by atoms with Gasteiger partial charge in [0.2, 0.25) is 5.75 Å². The van der Waals surface area contributed by atoms with Crippen molar-refractivity contribution < 1.29 is 14.8 Å². The van der Waals surface area contributed by atoms with Crippen LogP contribution in [-0.2, 0) is 0 Å². The number of nitro groups is 1. The highest BCUT2D eigenvalue weighted by molar-refractivity contribution is 5.54. The van der Waals surface area contributed by atoms with E-state index in [4.69, 9.17) is 4.74 Å². The van der Waals surface area contributed by atoms with Gasteiger partial charge in [-0.15, -0.1) is 0 Å². The van der Waals surface area contributed by atoms with Crippen LogP contribution in [0.1, 0.15) is 24.2 Å². The van der Waals surface area contributed by atoms with Gasteiger partial charge in [-0.25, -0.2) is 0 Å². The lowest BCUT2D eigenvalue weighted by Gasteiger charge is -2.14. The van der Waals surface area contributed by atoms with Crippen molar-refractivity contribution in [2.75, 3.05) is 0 Å². The first kappa shape index (κ1) is 14.0. The van der Waals surface area contributed by atoms with Crippen LogP contribution < -0.4 is 4.74 Å². The van der Waals surface area contributed by atoms with E-state index < -0.39 is 11.0 Å². The van der Waals surface area contributed by atoms with E-state index in [0.29, 0.717) is 16.9 Å². The lowest BCUT2D eigenvalue weighted by molar-refractivity contribution is -0.385. The van der Waals surface area contributed by atoms with Gasteiger partial charge in [0, 0.05) is 11.6 Å². The lowest BCUT2D eigenvalue weighted by Crippen LogP contribution is -1.99. The van der Waals surface area contributed by atoms with Gasteiger partial charge in [-0.05, 0) is 25.5 Å². The van der Waals surface area contributed by atoms with Gasteiger partial charge in [-0.3, -0.25) is 10.1 Å². The van der Waals surface area contributed by atoms with Crippen LogP contribution in [0.15, 0.2) is 42.5 Å². The SMILES string of the molecule is Cc1cccc([N+](=O)[O-])c1Oc1ccccc1[C@@H](C)O. The zero-order chi connectivity index (χ0) is 14.7. The van der Waals surface area contributed by atoms with Crippen LogP contribution in [0.4, 0.5) is 5.69 Å². The minimum Gasteiger partial charge on any atom is -0.449 e. The number of hydrogen-bond acceptors (Lipinski definition) is 4. The number of hydrogen-bond donors (Lipinski definition) is 1. The maximum atomic E-state index is 11.1. The first-order valence-electron chi connectivity index (χ1n) is 6.19. The number of nitro benzene ring substituents is 1. The predicted octanol–water partition coefficient (Wildman–Crippen LogP) is 3.75. The first-order valence-corrected chi connectivity index (χ1v) is 6.19. The molecule has 0 unspecified atom stereocenters. The Morgan fingerprint density at radius 1 is 1.20 bits per heavy atom. The van der Waals surface area contributed by atoms with Gasteiger partial charge >= 0.3 is 5.69 Å². The zero-order valence-electron chi connectivity index (χ0n) is 11.2. The van der Waals surface area contributed by atoms with E-state index in [1.54, 1.807) is 50.2 Å². The number of benzene rings is 2. The minimum absolute atomic E-state index is 0.0922. The second kappa shape index (κ2) is 5.71. The molecule has 0 aliphatic carbocycles. The summed E-state index contributed by atoms with van der Waals surface area (Å²) in [6.45, 7) is 3.36. The van der Waals surface area contributed by atoms with Crippen LogP contribution in [0.5, 0.6) is 11.5 Å². The fraction of sp³-hybridized carbons (Fsp3) is 0.200. The Labute approximate surface area is 116 Å². The molecule has 0 aromatic heterocycles. The molecule has 0 heterocycles. The van der Waals surface area contributed by atoms with Gasteiger partial charge in [0.15, 0.2) is 0 Å². The topological polar surface area (TPSA) is 72.6 Å². The lowest BCUT2D eigenvalue weighted by atomic mass is 10.1. The Balaban J connectivity index is 2.48. The average Bonchev–Trinajstić information content (AvgIpc) is 2.41. The number of aryl methyl sites for hydroxylation is 1. The van der Waals surface area contributed by atoms with Crippen molar-refractivity contribution in [2.24, 2.45) is 0 Å². The average molecular weight is 273 g/mol. The standard InChI is InChI=1S/C15H15NO4/c1-10-6-5-8-13(16(18)19)15(10)20-14-9-4-3-7-12(14)11(2)17/h3-9,11,17H,1-2H3/t11-/m1/s1. The van der Waals surface area contributed by atoms with Crippen molar-refractivity contribution in [1.82, 2.24) is 0 Å². The van der Waals surface area contributed by atoms with E-state index in [-0.39, 0.29) is 11.4 Å². The summed E-state index contributed by atoms with van der Waals surface area (Å²) >= 11 is 0. The summed E-state index contributed by atoms with van der Waals surface area (Å²) in [4.78, 5) is 10.6. The summed E-state index contributed by atoms with van der Waals surface area (Å²) in [5, 5.41) is 20.8. The number of aliphatic hydroxyl groups excluding tert-OH is 1. The zero-order valence-corrected chi connectivity index (χ0v) is 11.2. The highest BCUT2D eigenvalue weighted by Crippen LogP contribution is 2.36.